The van der Waals surface area contributed by atoms with Crippen LogP contribution in [0.3, 0.4) is 0 Å². The van der Waals surface area contributed by atoms with Gasteiger partial charge in [0.15, 0.2) is 0 Å². The minimum Gasteiger partial charge on any atom is -0.453 e. The zero-order chi connectivity index (χ0) is 24.1. The van der Waals surface area contributed by atoms with E-state index in [1.165, 1.54) is 7.11 Å². The van der Waals surface area contributed by atoms with E-state index in [2.05, 4.69) is 15.6 Å². The number of carbonyl (C=O) groups excluding carboxylic acids is 3. The molecule has 1 saturated carbocycles. The van der Waals surface area contributed by atoms with E-state index in [0.717, 1.165) is 54.9 Å². The van der Waals surface area contributed by atoms with Gasteiger partial charge in [-0.1, -0.05) is 31.4 Å². The van der Waals surface area contributed by atoms with E-state index in [4.69, 9.17) is 10.5 Å². The van der Waals surface area contributed by atoms with Gasteiger partial charge in [-0.05, 0) is 54.7 Å². The van der Waals surface area contributed by atoms with Gasteiger partial charge in [0.2, 0.25) is 11.8 Å². The van der Waals surface area contributed by atoms with Crippen molar-refractivity contribution in [2.45, 2.75) is 63.6 Å². The summed E-state index contributed by atoms with van der Waals surface area (Å²) in [6.07, 6.45) is 7.38. The van der Waals surface area contributed by atoms with Gasteiger partial charge in [-0.25, -0.2) is 9.78 Å². The van der Waals surface area contributed by atoms with Crippen molar-refractivity contribution < 1.29 is 19.1 Å². The highest BCUT2D eigenvalue weighted by atomic mass is 16.5. The molecule has 2 aromatic rings. The highest BCUT2D eigenvalue weighted by Crippen LogP contribution is 2.29. The average Bonchev–Trinajstić information content (AvgIpc) is 3.36. The molecule has 9 nitrogen and oxygen atoms in total. The first kappa shape index (κ1) is 23.8. The Morgan fingerprint density at radius 2 is 1.94 bits per heavy atom. The number of pyridine rings is 1. The van der Waals surface area contributed by atoms with Crippen molar-refractivity contribution in [3.8, 4) is 0 Å². The second-order valence-electron chi connectivity index (χ2n) is 9.17. The molecule has 0 radical (unpaired) electrons. The Morgan fingerprint density at radius 1 is 1.15 bits per heavy atom. The second kappa shape index (κ2) is 10.7. The minimum atomic E-state index is -0.666. The second-order valence-corrected chi connectivity index (χ2v) is 9.17. The third kappa shape index (κ3) is 5.24. The lowest BCUT2D eigenvalue weighted by Gasteiger charge is -2.34. The van der Waals surface area contributed by atoms with Crippen molar-refractivity contribution in [3.05, 3.63) is 36.0 Å². The van der Waals surface area contributed by atoms with E-state index in [1.807, 2.05) is 24.3 Å². The first-order valence-electron chi connectivity index (χ1n) is 12.0. The summed E-state index contributed by atoms with van der Waals surface area (Å²) in [6, 6.07) is 6.47. The summed E-state index contributed by atoms with van der Waals surface area (Å²) in [6.45, 7) is 0.854. The van der Waals surface area contributed by atoms with Crippen LogP contribution in [0.5, 0.6) is 0 Å². The SMILES string of the molecule is COC(=O)NC(C(=O)N1CCCC1C(=O)NCc1ccc2c(N)nccc2c1)C1CCCCC1. The summed E-state index contributed by atoms with van der Waals surface area (Å²) in [4.78, 5) is 44.3. The monoisotopic (exact) mass is 467 g/mol. The lowest BCUT2D eigenvalue weighted by Crippen LogP contribution is -2.56. The van der Waals surface area contributed by atoms with E-state index in [0.29, 0.717) is 25.3 Å². The van der Waals surface area contributed by atoms with Gasteiger partial charge in [0.25, 0.3) is 0 Å². The smallest absolute Gasteiger partial charge is 0.407 e. The lowest BCUT2D eigenvalue weighted by molar-refractivity contribution is -0.141. The highest BCUT2D eigenvalue weighted by Gasteiger charge is 2.40. The fourth-order valence-electron chi connectivity index (χ4n) is 5.18. The molecule has 1 aromatic heterocycles. The van der Waals surface area contributed by atoms with Gasteiger partial charge in [0.05, 0.1) is 7.11 Å². The predicted molar refractivity (Wildman–Crippen MR) is 129 cm³/mol. The number of aromatic nitrogens is 1. The molecule has 1 aliphatic heterocycles. The number of nitrogens with zero attached hydrogens (tertiary/aromatic N) is 2. The number of ether oxygens (including phenoxy) is 1. The van der Waals surface area contributed by atoms with E-state index in [9.17, 15) is 14.4 Å². The Hall–Kier alpha value is -3.36. The summed E-state index contributed by atoms with van der Waals surface area (Å²) < 4.78 is 4.77. The van der Waals surface area contributed by atoms with Crippen LogP contribution in [0.1, 0.15) is 50.5 Å². The van der Waals surface area contributed by atoms with Crippen molar-refractivity contribution in [3.63, 3.8) is 0 Å². The number of nitrogens with two attached hydrogens (primary N) is 1. The van der Waals surface area contributed by atoms with Gasteiger partial charge in [0.1, 0.15) is 17.9 Å². The maximum Gasteiger partial charge on any atom is 0.407 e. The van der Waals surface area contributed by atoms with Crippen molar-refractivity contribution in [1.82, 2.24) is 20.5 Å². The molecule has 2 aliphatic rings. The maximum absolute atomic E-state index is 13.5. The van der Waals surface area contributed by atoms with Crippen molar-refractivity contribution >= 4 is 34.5 Å². The molecule has 182 valence electrons. The number of anilines is 1. The molecule has 1 aromatic carbocycles. The number of fused-ring (bicyclic) bond motifs is 1. The molecule has 1 saturated heterocycles. The van der Waals surface area contributed by atoms with Gasteiger partial charge in [-0.15, -0.1) is 0 Å². The van der Waals surface area contributed by atoms with Crippen molar-refractivity contribution in [2.75, 3.05) is 19.4 Å². The van der Waals surface area contributed by atoms with Crippen molar-refractivity contribution in [1.29, 1.82) is 0 Å². The van der Waals surface area contributed by atoms with Crippen LogP contribution in [-0.4, -0.2) is 53.5 Å². The largest absolute Gasteiger partial charge is 0.453 e. The lowest BCUT2D eigenvalue weighted by atomic mass is 9.83. The number of methoxy groups -OCH3 is 1. The molecule has 2 atom stereocenters. The Kier molecular flexibility index (Phi) is 7.49. The first-order valence-corrected chi connectivity index (χ1v) is 12.0. The molecule has 3 amide bonds. The summed E-state index contributed by atoms with van der Waals surface area (Å²) in [5.41, 5.74) is 6.86. The zero-order valence-electron chi connectivity index (χ0n) is 19.6. The van der Waals surface area contributed by atoms with Crippen LogP contribution in [0, 0.1) is 5.92 Å². The zero-order valence-corrected chi connectivity index (χ0v) is 19.6. The fourth-order valence-corrected chi connectivity index (χ4v) is 5.18. The van der Waals surface area contributed by atoms with Crippen LogP contribution in [-0.2, 0) is 20.9 Å². The van der Waals surface area contributed by atoms with Crippen LogP contribution in [0.15, 0.2) is 30.5 Å². The normalized spacial score (nSPS) is 19.6. The average molecular weight is 468 g/mol. The first-order chi connectivity index (χ1) is 16.5. The highest BCUT2D eigenvalue weighted by molar-refractivity contribution is 5.93. The van der Waals surface area contributed by atoms with E-state index >= 15 is 0 Å². The number of hydrogen-bond acceptors (Lipinski definition) is 6. The molecule has 1 aliphatic carbocycles. The predicted octanol–water partition coefficient (Wildman–Crippen LogP) is 2.73. The van der Waals surface area contributed by atoms with E-state index in [-0.39, 0.29) is 17.7 Å². The van der Waals surface area contributed by atoms with E-state index in [1.54, 1.807) is 11.1 Å². The van der Waals surface area contributed by atoms with Gasteiger partial charge in [-0.2, -0.15) is 0 Å². The topological polar surface area (TPSA) is 127 Å². The minimum absolute atomic E-state index is 0.0594. The summed E-state index contributed by atoms with van der Waals surface area (Å²) >= 11 is 0. The number of nitrogen functional groups attached to an aromatic ring is 1. The summed E-state index contributed by atoms with van der Waals surface area (Å²) in [5.74, 6) is 0.162. The van der Waals surface area contributed by atoms with Crippen LogP contribution in [0.2, 0.25) is 0 Å². The molecule has 0 spiro atoms. The molecule has 4 rings (SSSR count). The Balaban J connectivity index is 1.43. The van der Waals surface area contributed by atoms with Crippen LogP contribution >= 0.6 is 0 Å². The van der Waals surface area contributed by atoms with Crippen LogP contribution in [0.25, 0.3) is 10.8 Å². The number of amides is 3. The Labute approximate surface area is 199 Å². The molecule has 34 heavy (non-hydrogen) atoms. The van der Waals surface area contributed by atoms with Crippen molar-refractivity contribution in [2.24, 2.45) is 5.92 Å². The molecule has 9 heteroatoms. The molecule has 4 N–H and O–H groups in total. The number of carbonyl (C=O) groups is 3. The third-order valence-corrected chi connectivity index (χ3v) is 7.01. The maximum atomic E-state index is 13.5. The van der Waals surface area contributed by atoms with Gasteiger partial charge >= 0.3 is 6.09 Å². The van der Waals surface area contributed by atoms with E-state index < -0.39 is 18.2 Å². The fraction of sp³-hybridized carbons (Fsp3) is 0.520. The number of likely N-dealkylation sites (tertiary alicyclic amines) is 1. The van der Waals surface area contributed by atoms with Crippen LogP contribution < -0.4 is 16.4 Å². The molecular weight excluding hydrogens is 434 g/mol. The summed E-state index contributed by atoms with van der Waals surface area (Å²) in [7, 11) is 1.29. The third-order valence-electron chi connectivity index (χ3n) is 7.01. The standard InChI is InChI=1S/C25H33N5O4/c1-34-25(33)29-21(17-6-3-2-4-7-17)24(32)30-13-5-8-20(30)23(31)28-15-16-9-10-19-18(14-16)11-12-27-22(19)26/h9-12,14,17,20-21H,2-8,13,15H2,1H3,(H2,26,27)(H,28,31)(H,29,33). The van der Waals surface area contributed by atoms with Crippen LogP contribution in [0.4, 0.5) is 10.6 Å². The number of rotatable bonds is 6. The molecule has 0 bridgehead atoms. The van der Waals surface area contributed by atoms with Gasteiger partial charge in [-0.3, -0.25) is 9.59 Å². The number of nitrogens with one attached hydrogen (secondary N) is 2. The molecule has 2 unspecified atom stereocenters. The van der Waals surface area contributed by atoms with Gasteiger partial charge < -0.3 is 26.0 Å². The quantitative estimate of drug-likeness (QED) is 0.600. The Bertz CT molecular complexity index is 1050. The number of benzene rings is 1. The van der Waals surface area contributed by atoms with Gasteiger partial charge in [0, 0.05) is 24.7 Å². The molecule has 2 heterocycles. The number of hydrogen-bond donors (Lipinski definition) is 3. The summed E-state index contributed by atoms with van der Waals surface area (Å²) in [5, 5.41) is 7.57. The number of alkyl carbamates (subject to hydrolysis) is 1. The molecule has 2 fully saturated rings. The molecular formula is C25H33N5O4. The Morgan fingerprint density at radius 3 is 2.71 bits per heavy atom.